The third kappa shape index (κ3) is 3.43. The van der Waals surface area contributed by atoms with Gasteiger partial charge in [0.15, 0.2) is 0 Å². The lowest BCUT2D eigenvalue weighted by Gasteiger charge is -2.38. The molecule has 1 aromatic heterocycles. The van der Waals surface area contributed by atoms with Gasteiger partial charge in [0, 0.05) is 42.0 Å². The first-order valence-electron chi connectivity index (χ1n) is 6.59. The molecule has 100 valence electrons. The molecule has 0 radical (unpaired) electrons. The molecule has 0 amide bonds. The molecule has 1 aliphatic heterocycles. The first kappa shape index (κ1) is 13.8. The van der Waals surface area contributed by atoms with E-state index in [9.17, 15) is 0 Å². The van der Waals surface area contributed by atoms with Gasteiger partial charge in [-0.3, -0.25) is 4.90 Å². The first-order valence-corrected chi connectivity index (χ1v) is 7.74. The molecule has 2 unspecified atom stereocenters. The van der Waals surface area contributed by atoms with E-state index in [0.29, 0.717) is 12.1 Å². The van der Waals surface area contributed by atoms with Crippen LogP contribution in [0.3, 0.4) is 0 Å². The van der Waals surface area contributed by atoms with Gasteiger partial charge in [0.1, 0.15) is 6.33 Å². The Morgan fingerprint density at radius 3 is 2.94 bits per heavy atom. The van der Waals surface area contributed by atoms with Crippen LogP contribution in [0, 0.1) is 0 Å². The quantitative estimate of drug-likeness (QED) is 0.876. The van der Waals surface area contributed by atoms with E-state index >= 15 is 0 Å². The normalized spacial score (nSPS) is 22.9. The highest BCUT2D eigenvalue weighted by Gasteiger charge is 2.28. The van der Waals surface area contributed by atoms with Gasteiger partial charge in [-0.05, 0) is 20.0 Å². The van der Waals surface area contributed by atoms with Crippen molar-refractivity contribution in [3.8, 4) is 0 Å². The number of hydrogen-bond donors (Lipinski definition) is 1. The SMILES string of the molecule is CCCNC(c1cncnc1)C1CSCCN1C. The summed E-state index contributed by atoms with van der Waals surface area (Å²) in [5, 5.41) is 3.65. The molecule has 0 aliphatic carbocycles. The van der Waals surface area contributed by atoms with Gasteiger partial charge in [-0.2, -0.15) is 11.8 Å². The summed E-state index contributed by atoms with van der Waals surface area (Å²) in [6, 6.07) is 0.866. The van der Waals surface area contributed by atoms with Crippen LogP contribution in [0.15, 0.2) is 18.7 Å². The monoisotopic (exact) mass is 266 g/mol. The second-order valence-corrected chi connectivity index (χ2v) is 5.88. The van der Waals surface area contributed by atoms with Crippen molar-refractivity contribution in [3.05, 3.63) is 24.3 Å². The van der Waals surface area contributed by atoms with Crippen molar-refractivity contribution in [2.75, 3.05) is 31.6 Å². The van der Waals surface area contributed by atoms with Crippen molar-refractivity contribution in [2.45, 2.75) is 25.4 Å². The molecule has 2 rings (SSSR count). The van der Waals surface area contributed by atoms with Crippen molar-refractivity contribution < 1.29 is 0 Å². The van der Waals surface area contributed by atoms with Crippen LogP contribution in [-0.2, 0) is 0 Å². The van der Waals surface area contributed by atoms with Gasteiger partial charge in [0.2, 0.25) is 0 Å². The Hall–Kier alpha value is -0.650. The summed E-state index contributed by atoms with van der Waals surface area (Å²) in [5.74, 6) is 2.41. The number of nitrogens with zero attached hydrogens (tertiary/aromatic N) is 3. The zero-order chi connectivity index (χ0) is 12.8. The van der Waals surface area contributed by atoms with Crippen LogP contribution >= 0.6 is 11.8 Å². The maximum absolute atomic E-state index is 4.16. The fourth-order valence-corrected chi connectivity index (χ4v) is 3.58. The molecule has 0 bridgehead atoms. The second kappa shape index (κ2) is 7.07. The third-order valence-electron chi connectivity index (χ3n) is 3.38. The topological polar surface area (TPSA) is 41.1 Å². The minimum Gasteiger partial charge on any atom is -0.309 e. The molecule has 2 atom stereocenters. The Bertz CT molecular complexity index is 346. The van der Waals surface area contributed by atoms with Gasteiger partial charge in [0.05, 0.1) is 6.04 Å². The molecule has 0 aromatic carbocycles. The lowest BCUT2D eigenvalue weighted by Crippen LogP contribution is -2.48. The fourth-order valence-electron chi connectivity index (χ4n) is 2.30. The standard InChI is InChI=1S/C13H22N4S/c1-3-4-16-13(11-7-14-10-15-8-11)12-9-18-6-5-17(12)2/h7-8,10,12-13,16H,3-6,9H2,1-2H3. The molecular formula is C13H22N4S. The zero-order valence-electron chi connectivity index (χ0n) is 11.2. The van der Waals surface area contributed by atoms with Crippen LogP contribution in [0.25, 0.3) is 0 Å². The third-order valence-corrected chi connectivity index (χ3v) is 4.43. The minimum absolute atomic E-state index is 0.337. The van der Waals surface area contributed by atoms with Gasteiger partial charge in [-0.25, -0.2) is 9.97 Å². The van der Waals surface area contributed by atoms with Gasteiger partial charge in [-0.15, -0.1) is 0 Å². The highest BCUT2D eigenvalue weighted by Crippen LogP contribution is 2.26. The maximum Gasteiger partial charge on any atom is 0.115 e. The largest absolute Gasteiger partial charge is 0.309 e. The minimum atomic E-state index is 0.337. The summed E-state index contributed by atoms with van der Waals surface area (Å²) in [7, 11) is 2.22. The zero-order valence-corrected chi connectivity index (χ0v) is 12.0. The summed E-state index contributed by atoms with van der Waals surface area (Å²) in [6.07, 6.45) is 6.62. The number of hydrogen-bond acceptors (Lipinski definition) is 5. The number of likely N-dealkylation sites (N-methyl/N-ethyl adjacent to an activating group) is 1. The molecule has 0 saturated carbocycles. The van der Waals surface area contributed by atoms with Crippen LogP contribution in [0.1, 0.15) is 24.9 Å². The van der Waals surface area contributed by atoms with Crippen molar-refractivity contribution in [3.63, 3.8) is 0 Å². The Morgan fingerprint density at radius 1 is 1.50 bits per heavy atom. The predicted octanol–water partition coefficient (Wildman–Crippen LogP) is 1.56. The van der Waals surface area contributed by atoms with Crippen molar-refractivity contribution in [1.29, 1.82) is 0 Å². The van der Waals surface area contributed by atoms with Crippen LogP contribution in [0.4, 0.5) is 0 Å². The molecule has 0 spiro atoms. The summed E-state index contributed by atoms with van der Waals surface area (Å²) in [4.78, 5) is 10.8. The Kier molecular flexibility index (Phi) is 5.41. The van der Waals surface area contributed by atoms with Crippen molar-refractivity contribution >= 4 is 11.8 Å². The highest BCUT2D eigenvalue weighted by molar-refractivity contribution is 7.99. The van der Waals surface area contributed by atoms with Gasteiger partial charge >= 0.3 is 0 Å². The van der Waals surface area contributed by atoms with E-state index in [1.54, 1.807) is 6.33 Å². The Labute approximate surface area is 114 Å². The summed E-state index contributed by atoms with van der Waals surface area (Å²) >= 11 is 2.04. The average molecular weight is 266 g/mol. The van der Waals surface area contributed by atoms with Crippen molar-refractivity contribution in [2.24, 2.45) is 0 Å². The Morgan fingerprint density at radius 2 is 2.28 bits per heavy atom. The molecular weight excluding hydrogens is 244 g/mol. The highest BCUT2D eigenvalue weighted by atomic mass is 32.2. The van der Waals surface area contributed by atoms with Crippen LogP contribution < -0.4 is 5.32 Å². The molecule has 18 heavy (non-hydrogen) atoms. The molecule has 2 heterocycles. The smallest absolute Gasteiger partial charge is 0.115 e. The molecule has 1 saturated heterocycles. The predicted molar refractivity (Wildman–Crippen MR) is 76.8 cm³/mol. The van der Waals surface area contributed by atoms with Crippen molar-refractivity contribution in [1.82, 2.24) is 20.2 Å². The molecule has 5 heteroatoms. The lowest BCUT2D eigenvalue weighted by molar-refractivity contribution is 0.215. The second-order valence-electron chi connectivity index (χ2n) is 4.73. The van der Waals surface area contributed by atoms with Crippen LogP contribution in [0.5, 0.6) is 0 Å². The number of rotatable bonds is 5. The van der Waals surface area contributed by atoms with E-state index in [4.69, 9.17) is 0 Å². The molecule has 1 N–H and O–H groups in total. The maximum atomic E-state index is 4.16. The Balaban J connectivity index is 2.13. The molecule has 1 aromatic rings. The summed E-state index contributed by atoms with van der Waals surface area (Å²) in [5.41, 5.74) is 1.20. The van der Waals surface area contributed by atoms with Crippen LogP contribution in [0.2, 0.25) is 0 Å². The van der Waals surface area contributed by atoms with E-state index < -0.39 is 0 Å². The fraction of sp³-hybridized carbons (Fsp3) is 0.692. The van der Waals surface area contributed by atoms with Gasteiger partial charge in [-0.1, -0.05) is 6.92 Å². The average Bonchev–Trinajstić information content (AvgIpc) is 2.42. The number of aromatic nitrogens is 2. The number of thioether (sulfide) groups is 1. The van der Waals surface area contributed by atoms with E-state index in [1.807, 2.05) is 24.2 Å². The van der Waals surface area contributed by atoms with Gasteiger partial charge < -0.3 is 5.32 Å². The lowest BCUT2D eigenvalue weighted by atomic mass is 10.0. The molecule has 4 nitrogen and oxygen atoms in total. The van der Waals surface area contributed by atoms with E-state index in [-0.39, 0.29) is 0 Å². The van der Waals surface area contributed by atoms with E-state index in [0.717, 1.165) is 19.5 Å². The summed E-state index contributed by atoms with van der Waals surface area (Å²) in [6.45, 7) is 4.40. The molecule has 1 fully saturated rings. The first-order chi connectivity index (χ1) is 8.83. The van der Waals surface area contributed by atoms with E-state index in [1.165, 1.54) is 17.1 Å². The van der Waals surface area contributed by atoms with E-state index in [2.05, 4.69) is 34.2 Å². The molecule has 1 aliphatic rings. The van der Waals surface area contributed by atoms with Crippen LogP contribution in [-0.4, -0.2) is 52.6 Å². The summed E-state index contributed by atoms with van der Waals surface area (Å²) < 4.78 is 0. The number of nitrogens with one attached hydrogen (secondary N) is 1. The van der Waals surface area contributed by atoms with Gasteiger partial charge in [0.25, 0.3) is 0 Å².